The summed E-state index contributed by atoms with van der Waals surface area (Å²) >= 11 is 7.76. The van der Waals surface area contributed by atoms with E-state index in [2.05, 4.69) is 4.98 Å². The molecule has 1 heterocycles. The lowest BCUT2D eigenvalue weighted by Crippen LogP contribution is -2.02. The molecule has 3 nitrogen and oxygen atoms in total. The van der Waals surface area contributed by atoms with E-state index in [9.17, 15) is 0 Å². The molecule has 0 unspecified atom stereocenters. The molecule has 0 fully saturated rings. The van der Waals surface area contributed by atoms with Crippen LogP contribution in [0, 0.1) is 6.92 Å². The van der Waals surface area contributed by atoms with Crippen LogP contribution in [0.25, 0.3) is 11.3 Å². The maximum absolute atomic E-state index is 6.14. The van der Waals surface area contributed by atoms with Crippen LogP contribution >= 0.6 is 22.9 Å². The molecular formula is C14H17ClN2OS. The van der Waals surface area contributed by atoms with E-state index in [0.717, 1.165) is 34.0 Å². The Bertz CT molecular complexity index is 569. The Morgan fingerprint density at radius 1 is 1.42 bits per heavy atom. The highest BCUT2D eigenvalue weighted by molar-refractivity contribution is 7.09. The van der Waals surface area contributed by atoms with E-state index in [1.165, 1.54) is 0 Å². The fourth-order valence-corrected chi connectivity index (χ4v) is 3.02. The van der Waals surface area contributed by atoms with Gasteiger partial charge in [0, 0.05) is 22.4 Å². The Morgan fingerprint density at radius 2 is 2.21 bits per heavy atom. The van der Waals surface area contributed by atoms with Gasteiger partial charge in [-0.3, -0.25) is 0 Å². The molecule has 0 bridgehead atoms. The number of thiazole rings is 1. The van der Waals surface area contributed by atoms with Crippen molar-refractivity contribution >= 4 is 22.9 Å². The molecule has 2 aromatic rings. The second kappa shape index (κ2) is 6.37. The third-order valence-corrected chi connectivity index (χ3v) is 3.84. The van der Waals surface area contributed by atoms with Gasteiger partial charge in [-0.1, -0.05) is 11.6 Å². The Labute approximate surface area is 122 Å². The molecule has 0 aliphatic carbocycles. The van der Waals surface area contributed by atoms with Gasteiger partial charge < -0.3 is 10.5 Å². The molecule has 5 heteroatoms. The first-order valence-electron chi connectivity index (χ1n) is 6.23. The van der Waals surface area contributed by atoms with Crippen molar-refractivity contribution < 1.29 is 4.74 Å². The van der Waals surface area contributed by atoms with Gasteiger partial charge in [-0.05, 0) is 38.1 Å². The topological polar surface area (TPSA) is 48.1 Å². The number of hydrogen-bond acceptors (Lipinski definition) is 4. The summed E-state index contributed by atoms with van der Waals surface area (Å²) in [5.41, 5.74) is 8.44. The Hall–Kier alpha value is -1.10. The van der Waals surface area contributed by atoms with E-state index in [0.29, 0.717) is 18.2 Å². The second-order valence-corrected chi connectivity index (χ2v) is 5.58. The van der Waals surface area contributed by atoms with Gasteiger partial charge in [0.05, 0.1) is 17.3 Å². The Morgan fingerprint density at radius 3 is 2.89 bits per heavy atom. The van der Waals surface area contributed by atoms with Crippen LogP contribution in [-0.2, 0) is 6.42 Å². The van der Waals surface area contributed by atoms with Crippen molar-refractivity contribution in [2.24, 2.45) is 5.73 Å². The summed E-state index contributed by atoms with van der Waals surface area (Å²) < 4.78 is 5.73. The van der Waals surface area contributed by atoms with Crippen LogP contribution in [0.1, 0.15) is 17.5 Å². The van der Waals surface area contributed by atoms with Gasteiger partial charge in [-0.2, -0.15) is 0 Å². The molecule has 2 N–H and O–H groups in total. The quantitative estimate of drug-likeness (QED) is 0.916. The molecule has 0 radical (unpaired) electrons. The van der Waals surface area contributed by atoms with Crippen molar-refractivity contribution in [2.75, 3.05) is 13.2 Å². The number of rotatable bonds is 5. The molecule has 0 saturated heterocycles. The van der Waals surface area contributed by atoms with E-state index in [1.807, 2.05) is 31.4 Å². The lowest BCUT2D eigenvalue weighted by molar-refractivity contribution is 0.339. The number of aromatic nitrogens is 1. The maximum atomic E-state index is 6.14. The van der Waals surface area contributed by atoms with Gasteiger partial charge in [-0.25, -0.2) is 4.98 Å². The molecule has 0 atom stereocenters. The number of nitrogens with two attached hydrogens (primary N) is 1. The molecule has 102 valence electrons. The van der Waals surface area contributed by atoms with Crippen molar-refractivity contribution in [3.05, 3.63) is 33.1 Å². The summed E-state index contributed by atoms with van der Waals surface area (Å²) in [5.74, 6) is 0.858. The van der Waals surface area contributed by atoms with Gasteiger partial charge in [-0.15, -0.1) is 11.3 Å². The molecule has 1 aromatic heterocycles. The van der Waals surface area contributed by atoms with Crippen LogP contribution < -0.4 is 10.5 Å². The first kappa shape index (κ1) is 14.3. The monoisotopic (exact) mass is 296 g/mol. The maximum Gasteiger partial charge on any atom is 0.131 e. The Kier molecular flexibility index (Phi) is 4.80. The van der Waals surface area contributed by atoms with E-state index in [1.54, 1.807) is 11.3 Å². The highest BCUT2D eigenvalue weighted by atomic mass is 35.5. The van der Waals surface area contributed by atoms with Crippen LogP contribution in [0.5, 0.6) is 5.75 Å². The molecule has 0 saturated carbocycles. The third-order valence-electron chi connectivity index (χ3n) is 2.71. The van der Waals surface area contributed by atoms with Gasteiger partial charge in [0.1, 0.15) is 5.75 Å². The van der Waals surface area contributed by atoms with Crippen LogP contribution in [0.3, 0.4) is 0 Å². The number of ether oxygens (including phenoxy) is 1. The Balaban J connectivity index is 2.46. The SMILES string of the molecule is CCOc1c(C)cc(Cl)cc1-c1csc(CCN)n1. The van der Waals surface area contributed by atoms with E-state index in [-0.39, 0.29) is 0 Å². The van der Waals surface area contributed by atoms with Gasteiger partial charge in [0.15, 0.2) is 0 Å². The van der Waals surface area contributed by atoms with Crippen molar-refractivity contribution in [1.82, 2.24) is 4.98 Å². The first-order chi connectivity index (χ1) is 9.15. The minimum atomic E-state index is 0.611. The van der Waals surface area contributed by atoms with Crippen LogP contribution in [0.15, 0.2) is 17.5 Å². The number of benzene rings is 1. The molecular weight excluding hydrogens is 280 g/mol. The average Bonchev–Trinajstić information content (AvgIpc) is 2.81. The molecule has 1 aromatic carbocycles. The molecule has 0 amide bonds. The average molecular weight is 297 g/mol. The van der Waals surface area contributed by atoms with Crippen LogP contribution in [0.2, 0.25) is 5.02 Å². The number of hydrogen-bond donors (Lipinski definition) is 1. The van der Waals surface area contributed by atoms with E-state index >= 15 is 0 Å². The standard InChI is InChI=1S/C14H17ClN2OS/c1-3-18-14-9(2)6-10(15)7-11(14)12-8-19-13(17-12)4-5-16/h6-8H,3-5,16H2,1-2H3. The molecule has 19 heavy (non-hydrogen) atoms. The molecule has 2 rings (SSSR count). The summed E-state index contributed by atoms with van der Waals surface area (Å²) in [7, 11) is 0. The van der Waals surface area contributed by atoms with Crippen molar-refractivity contribution in [2.45, 2.75) is 20.3 Å². The number of aryl methyl sites for hydroxylation is 1. The second-order valence-electron chi connectivity index (χ2n) is 4.20. The van der Waals surface area contributed by atoms with Crippen molar-refractivity contribution in [3.63, 3.8) is 0 Å². The summed E-state index contributed by atoms with van der Waals surface area (Å²) in [5, 5.41) is 3.76. The fourth-order valence-electron chi connectivity index (χ4n) is 1.93. The lowest BCUT2D eigenvalue weighted by atomic mass is 10.1. The third kappa shape index (κ3) is 3.26. The summed E-state index contributed by atoms with van der Waals surface area (Å²) in [6, 6.07) is 3.81. The van der Waals surface area contributed by atoms with Gasteiger partial charge in [0.2, 0.25) is 0 Å². The minimum Gasteiger partial charge on any atom is -0.493 e. The smallest absolute Gasteiger partial charge is 0.131 e. The molecule has 0 aliphatic heterocycles. The molecule has 0 aliphatic rings. The van der Waals surface area contributed by atoms with Gasteiger partial charge in [0.25, 0.3) is 0 Å². The first-order valence-corrected chi connectivity index (χ1v) is 7.49. The highest BCUT2D eigenvalue weighted by Crippen LogP contribution is 2.36. The zero-order chi connectivity index (χ0) is 13.8. The fraction of sp³-hybridized carbons (Fsp3) is 0.357. The zero-order valence-corrected chi connectivity index (χ0v) is 12.6. The van der Waals surface area contributed by atoms with E-state index in [4.69, 9.17) is 22.1 Å². The number of halogens is 1. The predicted octanol–water partition coefficient (Wildman–Crippen LogP) is 3.67. The van der Waals surface area contributed by atoms with Crippen LogP contribution in [0.4, 0.5) is 0 Å². The summed E-state index contributed by atoms with van der Waals surface area (Å²) in [4.78, 5) is 4.60. The minimum absolute atomic E-state index is 0.611. The normalized spacial score (nSPS) is 10.7. The largest absolute Gasteiger partial charge is 0.493 e. The molecule has 0 spiro atoms. The van der Waals surface area contributed by atoms with Crippen molar-refractivity contribution in [1.29, 1.82) is 0 Å². The summed E-state index contributed by atoms with van der Waals surface area (Å²) in [6.07, 6.45) is 0.800. The van der Waals surface area contributed by atoms with Crippen molar-refractivity contribution in [3.8, 4) is 17.0 Å². The zero-order valence-electron chi connectivity index (χ0n) is 11.1. The predicted molar refractivity (Wildman–Crippen MR) is 81.2 cm³/mol. The summed E-state index contributed by atoms with van der Waals surface area (Å²) in [6.45, 7) is 5.20. The van der Waals surface area contributed by atoms with Crippen LogP contribution in [-0.4, -0.2) is 18.1 Å². The van der Waals surface area contributed by atoms with E-state index < -0.39 is 0 Å². The van der Waals surface area contributed by atoms with Gasteiger partial charge >= 0.3 is 0 Å². The number of nitrogens with zero attached hydrogens (tertiary/aromatic N) is 1. The lowest BCUT2D eigenvalue weighted by Gasteiger charge is -2.12. The highest BCUT2D eigenvalue weighted by Gasteiger charge is 2.13.